The fourth-order valence-electron chi connectivity index (χ4n) is 2.03. The predicted octanol–water partition coefficient (Wildman–Crippen LogP) is 2.35. The molecule has 3 nitrogen and oxygen atoms in total. The molecular formula is C14H21NO2. The van der Waals surface area contributed by atoms with Gasteiger partial charge >= 0.3 is 0 Å². The lowest BCUT2D eigenvalue weighted by molar-refractivity contribution is 0.0776. The first-order chi connectivity index (χ1) is 8.38. The first-order valence-electron chi connectivity index (χ1n) is 6.41. The highest BCUT2D eigenvalue weighted by molar-refractivity contribution is 5.27. The zero-order valence-corrected chi connectivity index (χ0v) is 10.4. The molecule has 1 aromatic carbocycles. The summed E-state index contributed by atoms with van der Waals surface area (Å²) in [5, 5.41) is 3.57. The van der Waals surface area contributed by atoms with E-state index in [2.05, 4.69) is 17.4 Å². The Balaban J connectivity index is 1.77. The number of rotatable bonds is 5. The molecule has 1 heterocycles. The van der Waals surface area contributed by atoms with Gasteiger partial charge in [0.25, 0.3) is 0 Å². The van der Waals surface area contributed by atoms with Crippen LogP contribution in [-0.4, -0.2) is 25.9 Å². The predicted molar refractivity (Wildman–Crippen MR) is 68.3 cm³/mol. The molecule has 1 aliphatic rings. The summed E-state index contributed by atoms with van der Waals surface area (Å²) in [5.41, 5.74) is 1.31. The summed E-state index contributed by atoms with van der Waals surface area (Å²) in [4.78, 5) is 0. The minimum Gasteiger partial charge on any atom is -0.494 e. The zero-order valence-electron chi connectivity index (χ0n) is 10.4. The zero-order chi connectivity index (χ0) is 11.9. The lowest BCUT2D eigenvalue weighted by Gasteiger charge is -2.23. The lowest BCUT2D eigenvalue weighted by atomic mass is 10.1. The molecule has 17 heavy (non-hydrogen) atoms. The molecule has 0 radical (unpaired) electrons. The number of nitrogens with one attached hydrogen (secondary N) is 1. The van der Waals surface area contributed by atoms with E-state index in [1.54, 1.807) is 0 Å². The van der Waals surface area contributed by atoms with Gasteiger partial charge in [-0.1, -0.05) is 12.1 Å². The first-order valence-corrected chi connectivity index (χ1v) is 6.41. The average Bonchev–Trinajstić information content (AvgIpc) is 2.40. The Kier molecular flexibility index (Phi) is 4.83. The van der Waals surface area contributed by atoms with Crippen molar-refractivity contribution in [1.29, 1.82) is 0 Å². The van der Waals surface area contributed by atoms with Gasteiger partial charge in [0, 0.05) is 25.8 Å². The van der Waals surface area contributed by atoms with E-state index in [9.17, 15) is 0 Å². The minimum atomic E-state index is 0.607. The molecule has 1 fully saturated rings. The maximum atomic E-state index is 5.42. The number of hydrogen-bond acceptors (Lipinski definition) is 3. The Morgan fingerprint density at radius 1 is 1.24 bits per heavy atom. The molecule has 0 unspecified atom stereocenters. The van der Waals surface area contributed by atoms with Crippen LogP contribution < -0.4 is 10.1 Å². The van der Waals surface area contributed by atoms with Crippen LogP contribution in [0.25, 0.3) is 0 Å². The molecule has 1 aromatic rings. The fraction of sp³-hybridized carbons (Fsp3) is 0.571. The van der Waals surface area contributed by atoms with Crippen LogP contribution in [0.2, 0.25) is 0 Å². The van der Waals surface area contributed by atoms with E-state index in [1.807, 2.05) is 19.1 Å². The molecular weight excluding hydrogens is 214 g/mol. The molecule has 0 spiro atoms. The molecule has 0 atom stereocenters. The molecule has 0 aliphatic carbocycles. The number of benzene rings is 1. The van der Waals surface area contributed by atoms with E-state index >= 15 is 0 Å². The Morgan fingerprint density at radius 2 is 1.94 bits per heavy atom. The van der Waals surface area contributed by atoms with Crippen LogP contribution in [0.3, 0.4) is 0 Å². The molecule has 0 bridgehead atoms. The molecule has 94 valence electrons. The van der Waals surface area contributed by atoms with Gasteiger partial charge < -0.3 is 14.8 Å². The molecule has 1 saturated heterocycles. The summed E-state index contributed by atoms with van der Waals surface area (Å²) in [6, 6.07) is 8.92. The molecule has 0 aromatic heterocycles. The Labute approximate surface area is 103 Å². The van der Waals surface area contributed by atoms with Crippen LogP contribution in [0.4, 0.5) is 0 Å². The van der Waals surface area contributed by atoms with Crippen LogP contribution >= 0.6 is 0 Å². The number of hydrogen-bond donors (Lipinski definition) is 1. The molecule has 3 heteroatoms. The van der Waals surface area contributed by atoms with Crippen molar-refractivity contribution >= 4 is 0 Å². The maximum absolute atomic E-state index is 5.42. The van der Waals surface area contributed by atoms with E-state index in [4.69, 9.17) is 9.47 Å². The maximum Gasteiger partial charge on any atom is 0.119 e. The Hall–Kier alpha value is -1.06. The van der Waals surface area contributed by atoms with Crippen molar-refractivity contribution in [3.05, 3.63) is 29.8 Å². The van der Waals surface area contributed by atoms with Crippen molar-refractivity contribution < 1.29 is 9.47 Å². The van der Waals surface area contributed by atoms with Gasteiger partial charge in [0.1, 0.15) is 5.75 Å². The molecule has 1 N–H and O–H groups in total. The third kappa shape index (κ3) is 4.02. The molecule has 0 amide bonds. The quantitative estimate of drug-likeness (QED) is 0.850. The summed E-state index contributed by atoms with van der Waals surface area (Å²) < 4.78 is 10.8. The Bertz CT molecular complexity index is 317. The number of ether oxygens (including phenoxy) is 2. The molecule has 0 saturated carbocycles. The van der Waals surface area contributed by atoms with Crippen molar-refractivity contribution in [3.8, 4) is 5.75 Å². The third-order valence-electron chi connectivity index (χ3n) is 3.05. The van der Waals surface area contributed by atoms with Gasteiger partial charge in [-0.25, -0.2) is 0 Å². The highest BCUT2D eigenvalue weighted by Crippen LogP contribution is 2.13. The lowest BCUT2D eigenvalue weighted by Crippen LogP contribution is -2.34. The second kappa shape index (κ2) is 6.62. The third-order valence-corrected chi connectivity index (χ3v) is 3.05. The van der Waals surface area contributed by atoms with Crippen LogP contribution in [0.15, 0.2) is 24.3 Å². The van der Waals surface area contributed by atoms with Gasteiger partial charge in [0.05, 0.1) is 6.61 Å². The van der Waals surface area contributed by atoms with E-state index in [1.165, 1.54) is 5.56 Å². The van der Waals surface area contributed by atoms with Crippen molar-refractivity contribution in [2.75, 3.05) is 19.8 Å². The summed E-state index contributed by atoms with van der Waals surface area (Å²) in [7, 11) is 0. The van der Waals surface area contributed by atoms with Gasteiger partial charge in [-0.05, 0) is 37.5 Å². The van der Waals surface area contributed by atoms with Gasteiger partial charge in [-0.3, -0.25) is 0 Å². The minimum absolute atomic E-state index is 0.607. The van der Waals surface area contributed by atoms with Crippen molar-refractivity contribution in [3.63, 3.8) is 0 Å². The second-order valence-corrected chi connectivity index (χ2v) is 4.34. The highest BCUT2D eigenvalue weighted by Gasteiger charge is 2.12. The van der Waals surface area contributed by atoms with Gasteiger partial charge in [0.15, 0.2) is 0 Å². The van der Waals surface area contributed by atoms with Crippen LogP contribution in [0, 0.1) is 0 Å². The van der Waals surface area contributed by atoms with Gasteiger partial charge in [0.2, 0.25) is 0 Å². The van der Waals surface area contributed by atoms with Crippen LogP contribution in [0.5, 0.6) is 5.75 Å². The summed E-state index contributed by atoms with van der Waals surface area (Å²) in [5.74, 6) is 0.947. The van der Waals surface area contributed by atoms with Crippen molar-refractivity contribution in [2.45, 2.75) is 32.4 Å². The van der Waals surface area contributed by atoms with Crippen LogP contribution in [0.1, 0.15) is 25.3 Å². The second-order valence-electron chi connectivity index (χ2n) is 4.34. The highest BCUT2D eigenvalue weighted by atomic mass is 16.5. The summed E-state index contributed by atoms with van der Waals surface area (Å²) >= 11 is 0. The first kappa shape index (κ1) is 12.4. The standard InChI is InChI=1S/C14H21NO2/c1-2-17-14-5-3-12(4-6-14)11-15-13-7-9-16-10-8-13/h3-6,13,15H,2,7-11H2,1H3. The average molecular weight is 235 g/mol. The van der Waals surface area contributed by atoms with Crippen molar-refractivity contribution in [2.24, 2.45) is 0 Å². The molecule has 2 rings (SSSR count). The van der Waals surface area contributed by atoms with Gasteiger partial charge in [-0.15, -0.1) is 0 Å². The van der Waals surface area contributed by atoms with E-state index < -0.39 is 0 Å². The van der Waals surface area contributed by atoms with E-state index in [0.29, 0.717) is 6.04 Å². The van der Waals surface area contributed by atoms with Gasteiger partial charge in [-0.2, -0.15) is 0 Å². The van der Waals surface area contributed by atoms with E-state index in [0.717, 1.165) is 45.0 Å². The van der Waals surface area contributed by atoms with Crippen molar-refractivity contribution in [1.82, 2.24) is 5.32 Å². The fourth-order valence-corrected chi connectivity index (χ4v) is 2.03. The van der Waals surface area contributed by atoms with E-state index in [-0.39, 0.29) is 0 Å². The van der Waals surface area contributed by atoms with Crippen LogP contribution in [-0.2, 0) is 11.3 Å². The SMILES string of the molecule is CCOc1ccc(CNC2CCOCC2)cc1. The normalized spacial score (nSPS) is 17.0. The smallest absolute Gasteiger partial charge is 0.119 e. The summed E-state index contributed by atoms with van der Waals surface area (Å²) in [6.45, 7) is 5.43. The molecule has 1 aliphatic heterocycles. The summed E-state index contributed by atoms with van der Waals surface area (Å²) in [6.07, 6.45) is 2.24. The Morgan fingerprint density at radius 3 is 2.59 bits per heavy atom. The topological polar surface area (TPSA) is 30.5 Å². The monoisotopic (exact) mass is 235 g/mol. The largest absolute Gasteiger partial charge is 0.494 e.